The van der Waals surface area contributed by atoms with Crippen molar-refractivity contribution in [2.45, 2.75) is 70.1 Å². The molecule has 0 aliphatic carbocycles. The molecule has 2 rings (SSSR count). The van der Waals surface area contributed by atoms with E-state index in [0.717, 1.165) is 12.1 Å². The highest BCUT2D eigenvalue weighted by Gasteiger charge is 2.28. The summed E-state index contributed by atoms with van der Waals surface area (Å²) in [4.78, 5) is 5.64. The van der Waals surface area contributed by atoms with Gasteiger partial charge in [-0.2, -0.15) is 0 Å². The first kappa shape index (κ1) is 17.2. The highest BCUT2D eigenvalue weighted by molar-refractivity contribution is 6.36. The fraction of sp³-hybridized carbons (Fsp3) is 0.889. The molecule has 21 heavy (non-hydrogen) atoms. The molecule has 0 N–H and O–H groups in total. The van der Waals surface area contributed by atoms with Crippen LogP contribution in [0.4, 0.5) is 0 Å². The van der Waals surface area contributed by atoms with Gasteiger partial charge in [-0.15, -0.1) is 6.58 Å². The van der Waals surface area contributed by atoms with Crippen molar-refractivity contribution in [3.63, 3.8) is 0 Å². The molecule has 1 unspecified atom stereocenters. The summed E-state index contributed by atoms with van der Waals surface area (Å²) in [7, 11) is 0.109. The Hall–Kier alpha value is -0.123. The normalized spacial score (nSPS) is 23.9. The van der Waals surface area contributed by atoms with Crippen molar-refractivity contribution in [3.05, 3.63) is 12.7 Å². The molecule has 2 aliphatic heterocycles. The van der Waals surface area contributed by atoms with Crippen molar-refractivity contribution in [2.75, 3.05) is 26.2 Å². The fourth-order valence-corrected chi connectivity index (χ4v) is 5.51. The number of piperidine rings is 2. The Morgan fingerprint density at radius 2 is 1.48 bits per heavy atom. The monoisotopic (exact) mass is 308 g/mol. The van der Waals surface area contributed by atoms with Gasteiger partial charge in [0.15, 0.2) is 0 Å². The third kappa shape index (κ3) is 5.88. The largest absolute Gasteiger partial charge is 0.288 e. The Bertz CT molecular complexity index is 265. The van der Waals surface area contributed by atoms with E-state index in [1.54, 1.807) is 0 Å². The van der Waals surface area contributed by atoms with Crippen LogP contribution in [0, 0.1) is 5.92 Å². The maximum Gasteiger partial charge on any atom is 0.0624 e. The molecule has 122 valence electrons. The third-order valence-electron chi connectivity index (χ3n) is 5.34. The second-order valence-electron chi connectivity index (χ2n) is 7.23. The van der Waals surface area contributed by atoms with Crippen LogP contribution in [-0.2, 0) is 0 Å². The zero-order valence-corrected chi connectivity index (χ0v) is 15.6. The first-order chi connectivity index (χ1) is 10.3. The molecule has 0 aromatic heterocycles. The van der Waals surface area contributed by atoms with E-state index in [-0.39, 0.29) is 9.52 Å². The predicted molar refractivity (Wildman–Crippen MR) is 96.8 cm³/mol. The molecule has 0 aromatic carbocycles. The van der Waals surface area contributed by atoms with Crippen LogP contribution < -0.4 is 0 Å². The summed E-state index contributed by atoms with van der Waals surface area (Å²) in [6.07, 6.45) is 12.9. The van der Waals surface area contributed by atoms with Gasteiger partial charge in [-0.3, -0.25) is 9.80 Å². The Balaban J connectivity index is 1.88. The van der Waals surface area contributed by atoms with E-state index in [2.05, 4.69) is 29.4 Å². The minimum absolute atomic E-state index is 0.109. The lowest BCUT2D eigenvalue weighted by Crippen LogP contribution is -2.52. The highest BCUT2D eigenvalue weighted by Crippen LogP contribution is 2.25. The number of likely N-dealkylation sites (tertiary alicyclic amines) is 2. The van der Waals surface area contributed by atoms with Crippen LogP contribution in [-0.4, -0.2) is 51.7 Å². The molecule has 0 saturated carbocycles. The number of hydrogen-bond donors (Lipinski definition) is 0. The number of hydrogen-bond acceptors (Lipinski definition) is 2. The van der Waals surface area contributed by atoms with E-state index in [0.29, 0.717) is 0 Å². The maximum atomic E-state index is 3.88. The van der Waals surface area contributed by atoms with E-state index >= 15 is 0 Å². The Kier molecular flexibility index (Phi) is 8.05. The van der Waals surface area contributed by atoms with Gasteiger partial charge in [0.25, 0.3) is 0 Å². The van der Waals surface area contributed by atoms with Gasteiger partial charge in [-0.25, -0.2) is 0 Å². The number of nitrogens with zero attached hydrogens (tertiary/aromatic N) is 2. The lowest BCUT2D eigenvalue weighted by Gasteiger charge is -2.44. The summed E-state index contributed by atoms with van der Waals surface area (Å²) < 4.78 is 0. The van der Waals surface area contributed by atoms with Gasteiger partial charge >= 0.3 is 0 Å². The van der Waals surface area contributed by atoms with Gasteiger partial charge in [0.2, 0.25) is 0 Å². The number of rotatable bonds is 8. The van der Waals surface area contributed by atoms with Gasteiger partial charge in [-0.05, 0) is 70.2 Å². The van der Waals surface area contributed by atoms with Gasteiger partial charge in [0.1, 0.15) is 0 Å². The van der Waals surface area contributed by atoms with Gasteiger partial charge in [0, 0.05) is 9.52 Å². The summed E-state index contributed by atoms with van der Waals surface area (Å²) in [5.41, 5.74) is 0. The molecule has 2 saturated heterocycles. The SMILES string of the molecule is C=CC[SiH2]CC(C)CC(N1CCCCC1)N1CCCCC1. The summed E-state index contributed by atoms with van der Waals surface area (Å²) in [5.74, 6) is 0.908. The van der Waals surface area contributed by atoms with Crippen LogP contribution in [0.2, 0.25) is 12.1 Å². The molecule has 0 bridgehead atoms. The van der Waals surface area contributed by atoms with Crippen LogP contribution >= 0.6 is 0 Å². The van der Waals surface area contributed by atoms with Crippen molar-refractivity contribution in [3.8, 4) is 0 Å². The molecule has 0 spiro atoms. The minimum atomic E-state index is 0.109. The summed E-state index contributed by atoms with van der Waals surface area (Å²) >= 11 is 0. The Labute approximate surface area is 134 Å². The first-order valence-corrected chi connectivity index (χ1v) is 11.4. The maximum absolute atomic E-state index is 3.88. The Morgan fingerprint density at radius 1 is 0.952 bits per heavy atom. The minimum Gasteiger partial charge on any atom is -0.288 e. The van der Waals surface area contributed by atoms with Crippen molar-refractivity contribution in [1.82, 2.24) is 9.80 Å². The van der Waals surface area contributed by atoms with Crippen LogP contribution in [0.3, 0.4) is 0 Å². The molecule has 2 heterocycles. The molecule has 0 aromatic rings. The Morgan fingerprint density at radius 3 is 1.95 bits per heavy atom. The topological polar surface area (TPSA) is 6.48 Å². The van der Waals surface area contributed by atoms with Crippen LogP contribution in [0.5, 0.6) is 0 Å². The van der Waals surface area contributed by atoms with Crippen LogP contribution in [0.25, 0.3) is 0 Å². The first-order valence-electron chi connectivity index (χ1n) is 9.40. The molecule has 1 atom stereocenters. The summed E-state index contributed by atoms with van der Waals surface area (Å²) in [6, 6.07) is 2.83. The van der Waals surface area contributed by atoms with E-state index in [4.69, 9.17) is 0 Å². The van der Waals surface area contributed by atoms with E-state index in [1.165, 1.54) is 83.2 Å². The second-order valence-corrected chi connectivity index (χ2v) is 9.10. The van der Waals surface area contributed by atoms with Crippen LogP contribution in [0.1, 0.15) is 51.9 Å². The van der Waals surface area contributed by atoms with Crippen molar-refractivity contribution in [1.29, 1.82) is 0 Å². The quantitative estimate of drug-likeness (QED) is 0.385. The summed E-state index contributed by atoms with van der Waals surface area (Å²) in [6.45, 7) is 11.8. The van der Waals surface area contributed by atoms with E-state index < -0.39 is 0 Å². The molecule has 2 fully saturated rings. The van der Waals surface area contributed by atoms with Crippen LogP contribution in [0.15, 0.2) is 12.7 Å². The molecular weight excluding hydrogens is 272 g/mol. The van der Waals surface area contributed by atoms with E-state index in [1.807, 2.05) is 0 Å². The molecule has 2 nitrogen and oxygen atoms in total. The molecule has 2 aliphatic rings. The summed E-state index contributed by atoms with van der Waals surface area (Å²) in [5, 5.41) is 0. The smallest absolute Gasteiger partial charge is 0.0624 e. The molecule has 0 radical (unpaired) electrons. The van der Waals surface area contributed by atoms with Crippen molar-refractivity contribution >= 4 is 9.52 Å². The second kappa shape index (κ2) is 9.81. The predicted octanol–water partition coefficient (Wildman–Crippen LogP) is 3.50. The fourth-order valence-electron chi connectivity index (χ4n) is 4.05. The molecule has 3 heteroatoms. The van der Waals surface area contributed by atoms with E-state index in [9.17, 15) is 0 Å². The molecule has 0 amide bonds. The third-order valence-corrected chi connectivity index (χ3v) is 7.55. The zero-order chi connectivity index (χ0) is 14.9. The van der Waals surface area contributed by atoms with Gasteiger partial charge < -0.3 is 0 Å². The van der Waals surface area contributed by atoms with Crippen molar-refractivity contribution in [2.24, 2.45) is 5.92 Å². The van der Waals surface area contributed by atoms with Crippen molar-refractivity contribution < 1.29 is 0 Å². The highest BCUT2D eigenvalue weighted by atomic mass is 28.2. The standard InChI is InChI=1S/C18H36N2Si/c1-3-14-21-16-17(2)15-18(19-10-6-4-7-11-19)20-12-8-5-9-13-20/h3,17-18H,1,4-16,21H2,2H3. The average Bonchev–Trinajstić information content (AvgIpc) is 2.54. The molecular formula is C18H36N2Si. The number of allylic oxidation sites excluding steroid dienone is 1. The van der Waals surface area contributed by atoms with Gasteiger partial charge in [0.05, 0.1) is 6.17 Å². The zero-order valence-electron chi connectivity index (χ0n) is 14.2. The lowest BCUT2D eigenvalue weighted by molar-refractivity contribution is 0.00472. The average molecular weight is 309 g/mol. The lowest BCUT2D eigenvalue weighted by atomic mass is 10.0. The van der Waals surface area contributed by atoms with Gasteiger partial charge in [-0.1, -0.05) is 31.9 Å².